The van der Waals surface area contributed by atoms with Crippen molar-refractivity contribution in [2.45, 2.75) is 6.92 Å². The smallest absolute Gasteiger partial charge is 0.362 e. The van der Waals surface area contributed by atoms with Crippen LogP contribution in [0.3, 0.4) is 0 Å². The molecule has 0 aliphatic heterocycles. The van der Waals surface area contributed by atoms with E-state index in [2.05, 4.69) is 9.84 Å². The highest BCUT2D eigenvalue weighted by Crippen LogP contribution is 2.16. The van der Waals surface area contributed by atoms with Crippen molar-refractivity contribution in [3.8, 4) is 0 Å². The number of Topliss-reactive ketones (excluding diaryl/α,β-unsaturated/α-hetero) is 1. The van der Waals surface area contributed by atoms with E-state index in [1.54, 1.807) is 6.92 Å². The highest BCUT2D eigenvalue weighted by molar-refractivity contribution is 7.13. The molecule has 1 aromatic rings. The molecule has 0 spiro atoms. The maximum Gasteiger partial charge on any atom is 0.362 e. The molecule has 0 saturated heterocycles. The van der Waals surface area contributed by atoms with Gasteiger partial charge in [-0.3, -0.25) is 4.79 Å². The van der Waals surface area contributed by atoms with E-state index in [4.69, 9.17) is 5.84 Å². The Kier molecular flexibility index (Phi) is 4.12. The number of thiophene rings is 1. The summed E-state index contributed by atoms with van der Waals surface area (Å²) in [4.78, 5) is 22.7. The first-order valence-corrected chi connectivity index (χ1v) is 5.22. The summed E-state index contributed by atoms with van der Waals surface area (Å²) in [6.07, 6.45) is 0. The molecule has 0 saturated carbocycles. The average molecular weight is 244 g/mol. The Hall–Kier alpha value is -1.76. The Balaban J connectivity index is 2.96. The Morgan fingerprint density at radius 1 is 1.62 bits per heavy atom. The molecule has 1 aromatic heterocycles. The van der Waals surface area contributed by atoms with Gasteiger partial charge >= 0.3 is 5.97 Å². The predicted molar refractivity (Wildman–Crippen MR) is 56.9 cm³/mol. The third-order valence-electron chi connectivity index (χ3n) is 1.64. The van der Waals surface area contributed by atoms with Crippen LogP contribution < -0.4 is 5.84 Å². The lowest BCUT2D eigenvalue weighted by atomic mass is 10.2. The minimum atomic E-state index is -0.956. The van der Waals surface area contributed by atoms with Gasteiger partial charge in [0.25, 0.3) is 0 Å². The van der Waals surface area contributed by atoms with E-state index in [-0.39, 0.29) is 11.5 Å². The number of hydrogen-bond acceptors (Lipinski definition) is 6. The summed E-state index contributed by atoms with van der Waals surface area (Å²) < 4.78 is 17.7. The standard InChI is InChI=1S/C9H9FN2O3S/c1-2-15-9(14)6(12-11)7(13)8-5(10)3-4-16-8/h3-4H,2,11H2,1H3. The summed E-state index contributed by atoms with van der Waals surface area (Å²) >= 11 is 0.868. The normalized spacial score (nSPS) is 11.2. The van der Waals surface area contributed by atoms with Crippen molar-refractivity contribution < 1.29 is 18.7 Å². The lowest BCUT2D eigenvalue weighted by Gasteiger charge is -2.02. The first-order chi connectivity index (χ1) is 7.61. The quantitative estimate of drug-likeness (QED) is 0.213. The lowest BCUT2D eigenvalue weighted by Crippen LogP contribution is -2.27. The van der Waals surface area contributed by atoms with Crippen LogP contribution in [0.4, 0.5) is 4.39 Å². The van der Waals surface area contributed by atoms with Crippen LogP contribution in [0, 0.1) is 5.82 Å². The van der Waals surface area contributed by atoms with Gasteiger partial charge in [0.15, 0.2) is 0 Å². The molecular formula is C9H9FN2O3S. The molecule has 2 N–H and O–H groups in total. The largest absolute Gasteiger partial charge is 0.461 e. The van der Waals surface area contributed by atoms with Gasteiger partial charge in [-0.25, -0.2) is 9.18 Å². The molecule has 0 unspecified atom stereocenters. The number of halogens is 1. The van der Waals surface area contributed by atoms with Crippen molar-refractivity contribution in [2.75, 3.05) is 6.61 Å². The summed E-state index contributed by atoms with van der Waals surface area (Å²) in [7, 11) is 0. The van der Waals surface area contributed by atoms with Gasteiger partial charge in [-0.05, 0) is 18.4 Å². The topological polar surface area (TPSA) is 81.8 Å². The van der Waals surface area contributed by atoms with Crippen LogP contribution in [0.2, 0.25) is 0 Å². The number of ketones is 1. The zero-order valence-corrected chi connectivity index (χ0v) is 9.21. The highest BCUT2D eigenvalue weighted by Gasteiger charge is 2.26. The molecule has 0 aromatic carbocycles. The fourth-order valence-corrected chi connectivity index (χ4v) is 1.67. The van der Waals surface area contributed by atoms with Crippen LogP contribution in [0.15, 0.2) is 16.5 Å². The fourth-order valence-electron chi connectivity index (χ4n) is 0.967. The number of rotatable bonds is 4. The third kappa shape index (κ3) is 2.43. The second-order valence-corrected chi connectivity index (χ2v) is 3.54. The second kappa shape index (κ2) is 5.36. The number of carbonyl (C=O) groups is 2. The fraction of sp³-hybridized carbons (Fsp3) is 0.222. The van der Waals surface area contributed by atoms with Crippen LogP contribution in [-0.2, 0) is 9.53 Å². The Labute approximate surface area is 94.7 Å². The van der Waals surface area contributed by atoms with Crippen molar-refractivity contribution in [3.05, 3.63) is 22.1 Å². The van der Waals surface area contributed by atoms with Gasteiger partial charge in [0.2, 0.25) is 11.5 Å². The van der Waals surface area contributed by atoms with E-state index in [1.165, 1.54) is 5.38 Å². The third-order valence-corrected chi connectivity index (χ3v) is 2.52. The van der Waals surface area contributed by atoms with Gasteiger partial charge in [0, 0.05) is 0 Å². The Morgan fingerprint density at radius 3 is 2.75 bits per heavy atom. The van der Waals surface area contributed by atoms with Gasteiger partial charge in [-0.1, -0.05) is 0 Å². The van der Waals surface area contributed by atoms with Gasteiger partial charge in [-0.15, -0.1) is 11.3 Å². The van der Waals surface area contributed by atoms with Crippen LogP contribution in [0.5, 0.6) is 0 Å². The first kappa shape index (κ1) is 12.3. The molecule has 86 valence electrons. The van der Waals surface area contributed by atoms with Crippen LogP contribution in [-0.4, -0.2) is 24.1 Å². The maximum atomic E-state index is 13.1. The summed E-state index contributed by atoms with van der Waals surface area (Å²) in [5.74, 6) is 2.38. The number of hydrazone groups is 1. The van der Waals surface area contributed by atoms with Crippen LogP contribution in [0.1, 0.15) is 16.6 Å². The van der Waals surface area contributed by atoms with E-state index >= 15 is 0 Å². The van der Waals surface area contributed by atoms with Crippen molar-refractivity contribution in [3.63, 3.8) is 0 Å². The maximum absolute atomic E-state index is 13.1. The zero-order chi connectivity index (χ0) is 12.1. The summed E-state index contributed by atoms with van der Waals surface area (Å²) in [5, 5.41) is 4.43. The molecule has 1 heterocycles. The lowest BCUT2D eigenvalue weighted by molar-refractivity contribution is -0.134. The molecule has 0 radical (unpaired) electrons. The van der Waals surface area contributed by atoms with E-state index in [0.29, 0.717) is 0 Å². The minimum Gasteiger partial charge on any atom is -0.461 e. The van der Waals surface area contributed by atoms with Gasteiger partial charge in [0.05, 0.1) is 6.61 Å². The van der Waals surface area contributed by atoms with E-state index in [0.717, 1.165) is 17.4 Å². The number of nitrogens with two attached hydrogens (primary N) is 1. The summed E-state index contributed by atoms with van der Waals surface area (Å²) in [6.45, 7) is 1.65. The number of esters is 1. The summed E-state index contributed by atoms with van der Waals surface area (Å²) in [5.41, 5.74) is -0.608. The van der Waals surface area contributed by atoms with Crippen LogP contribution >= 0.6 is 11.3 Å². The average Bonchev–Trinajstić information content (AvgIpc) is 2.65. The first-order valence-electron chi connectivity index (χ1n) is 4.34. The van der Waals surface area contributed by atoms with Crippen molar-refractivity contribution in [1.29, 1.82) is 0 Å². The predicted octanol–water partition coefficient (Wildman–Crippen LogP) is 0.948. The molecule has 0 atom stereocenters. The van der Waals surface area contributed by atoms with Crippen molar-refractivity contribution in [2.24, 2.45) is 10.9 Å². The molecule has 16 heavy (non-hydrogen) atoms. The molecule has 1 rings (SSSR count). The van der Waals surface area contributed by atoms with Gasteiger partial charge in [-0.2, -0.15) is 5.10 Å². The molecule has 0 bridgehead atoms. The van der Waals surface area contributed by atoms with Crippen molar-refractivity contribution >= 4 is 28.8 Å². The molecule has 0 aliphatic carbocycles. The van der Waals surface area contributed by atoms with Crippen molar-refractivity contribution in [1.82, 2.24) is 0 Å². The Bertz CT molecular complexity index is 442. The van der Waals surface area contributed by atoms with E-state index < -0.39 is 23.3 Å². The van der Waals surface area contributed by atoms with Crippen LogP contribution in [0.25, 0.3) is 0 Å². The summed E-state index contributed by atoms with van der Waals surface area (Å²) in [6, 6.07) is 1.12. The molecule has 0 amide bonds. The molecule has 0 fully saturated rings. The molecule has 0 aliphatic rings. The number of carbonyl (C=O) groups excluding carboxylic acids is 2. The SMILES string of the molecule is CCOC(=O)C(=NN)C(=O)c1sccc1F. The van der Waals surface area contributed by atoms with Gasteiger partial charge in [0.1, 0.15) is 10.7 Å². The molecule has 5 nitrogen and oxygen atoms in total. The van der Waals surface area contributed by atoms with E-state index in [1.807, 2.05) is 0 Å². The second-order valence-electron chi connectivity index (χ2n) is 2.62. The minimum absolute atomic E-state index is 0.0814. The highest BCUT2D eigenvalue weighted by atomic mass is 32.1. The number of hydrogen-bond donors (Lipinski definition) is 1. The van der Waals surface area contributed by atoms with E-state index in [9.17, 15) is 14.0 Å². The van der Waals surface area contributed by atoms with Gasteiger partial charge < -0.3 is 10.6 Å². The zero-order valence-electron chi connectivity index (χ0n) is 8.40. The Morgan fingerprint density at radius 2 is 2.31 bits per heavy atom. The monoisotopic (exact) mass is 244 g/mol. The number of nitrogens with zero attached hydrogens (tertiary/aromatic N) is 1. The molecular weight excluding hydrogens is 235 g/mol. The molecule has 7 heteroatoms. The number of ether oxygens (including phenoxy) is 1.